The first-order valence-electron chi connectivity index (χ1n) is 20.5. The zero-order valence-corrected chi connectivity index (χ0v) is 31.7. The first-order chi connectivity index (χ1) is 27.0. The van der Waals surface area contributed by atoms with Crippen LogP contribution in [0.2, 0.25) is 0 Å². The number of hydrogen-bond acceptors (Lipinski definition) is 1. The van der Waals surface area contributed by atoms with Crippen molar-refractivity contribution in [3.63, 3.8) is 0 Å². The Morgan fingerprint density at radius 1 is 0.436 bits per heavy atom. The highest BCUT2D eigenvalue weighted by atomic mass is 15.1. The van der Waals surface area contributed by atoms with Gasteiger partial charge >= 0.3 is 0 Å². The minimum absolute atomic E-state index is 0.0927. The van der Waals surface area contributed by atoms with Crippen LogP contribution < -0.4 is 4.90 Å². The SMILES string of the molecule is CC1(C)c2ccccc2-c2ccc(N(c3ccc4c(c3)-c3cc(-c5ccccc5)ccc3C43C4CC5CC(C4)C3C5)c3ccccc3-c3ccccc3)cc21. The van der Waals surface area contributed by atoms with Crippen molar-refractivity contribution in [1.29, 1.82) is 0 Å². The molecule has 0 N–H and O–H groups in total. The molecule has 1 nitrogen and oxygen atoms in total. The van der Waals surface area contributed by atoms with Crippen molar-refractivity contribution >= 4 is 17.1 Å². The van der Waals surface area contributed by atoms with Crippen molar-refractivity contribution in [2.75, 3.05) is 4.90 Å². The monoisotopic (exact) mass is 707 g/mol. The molecule has 0 heterocycles. The summed E-state index contributed by atoms with van der Waals surface area (Å²) < 4.78 is 0. The number of para-hydroxylation sites is 1. The minimum atomic E-state index is -0.0927. The summed E-state index contributed by atoms with van der Waals surface area (Å²) in [7, 11) is 0. The number of nitrogens with zero attached hydrogens (tertiary/aromatic N) is 1. The van der Waals surface area contributed by atoms with Crippen LogP contribution in [0.3, 0.4) is 0 Å². The Hall–Kier alpha value is -5.66. The molecule has 1 heteroatoms. The van der Waals surface area contributed by atoms with Crippen LogP contribution in [0.4, 0.5) is 17.1 Å². The summed E-state index contributed by atoms with van der Waals surface area (Å²) in [6, 6.07) is 62.3. The smallest absolute Gasteiger partial charge is 0.0540 e. The van der Waals surface area contributed by atoms with Crippen molar-refractivity contribution in [1.82, 2.24) is 0 Å². The van der Waals surface area contributed by atoms with E-state index in [1.165, 1.54) is 98.4 Å². The maximum absolute atomic E-state index is 2.58. The molecule has 6 aliphatic rings. The summed E-state index contributed by atoms with van der Waals surface area (Å²) in [4.78, 5) is 2.56. The molecular weight excluding hydrogens is 663 g/mol. The van der Waals surface area contributed by atoms with E-state index in [0.29, 0.717) is 0 Å². The summed E-state index contributed by atoms with van der Waals surface area (Å²) >= 11 is 0. The van der Waals surface area contributed by atoms with E-state index in [1.807, 2.05) is 0 Å². The standard InChI is InChI=1S/C54H45N/c1-53(2)47-19-11-9-18-43(47)44-24-22-41(33-51(44)53)55(52-20-12-10-17-42(52)36-15-7-4-8-16-36)40-23-26-49-46(32-40)45-31-37(35-13-5-3-6-14-35)21-25-48(45)54(49)39-28-34-27-38(30-39)50(54)29-34/h3-26,31-34,38-39,50H,27-30H2,1-2H3. The third kappa shape index (κ3) is 4.30. The molecule has 6 aliphatic carbocycles. The largest absolute Gasteiger partial charge is 0.310 e. The second-order valence-electron chi connectivity index (χ2n) is 17.7. The lowest BCUT2D eigenvalue weighted by molar-refractivity contribution is 0.191. The molecule has 1 spiro atoms. The van der Waals surface area contributed by atoms with E-state index in [-0.39, 0.29) is 10.8 Å². The fraction of sp³-hybridized carbons (Fsp3) is 0.222. The Labute approximate surface area is 325 Å². The predicted molar refractivity (Wildman–Crippen MR) is 228 cm³/mol. The van der Waals surface area contributed by atoms with Gasteiger partial charge in [-0.2, -0.15) is 0 Å². The molecule has 5 atom stereocenters. The van der Waals surface area contributed by atoms with E-state index in [9.17, 15) is 0 Å². The van der Waals surface area contributed by atoms with Crippen LogP contribution >= 0.6 is 0 Å². The van der Waals surface area contributed by atoms with Crippen LogP contribution in [-0.2, 0) is 10.8 Å². The number of anilines is 3. The van der Waals surface area contributed by atoms with E-state index < -0.39 is 0 Å². The highest BCUT2D eigenvalue weighted by molar-refractivity contribution is 5.94. The summed E-state index contributed by atoms with van der Waals surface area (Å²) in [6.45, 7) is 4.78. The normalized spacial score (nSPS) is 24.1. The molecule has 0 amide bonds. The third-order valence-electron chi connectivity index (χ3n) is 14.9. The van der Waals surface area contributed by atoms with Gasteiger partial charge in [-0.15, -0.1) is 0 Å². The molecule has 4 fully saturated rings. The highest BCUT2D eigenvalue weighted by Gasteiger charge is 2.66. The van der Waals surface area contributed by atoms with Gasteiger partial charge in [0.1, 0.15) is 0 Å². The van der Waals surface area contributed by atoms with Crippen molar-refractivity contribution < 1.29 is 0 Å². The Balaban J connectivity index is 1.09. The molecule has 0 aromatic heterocycles. The van der Waals surface area contributed by atoms with Crippen LogP contribution in [0.15, 0.2) is 164 Å². The molecule has 55 heavy (non-hydrogen) atoms. The predicted octanol–water partition coefficient (Wildman–Crippen LogP) is 14.1. The Morgan fingerprint density at radius 3 is 1.87 bits per heavy atom. The average Bonchev–Trinajstić information content (AvgIpc) is 3.85. The molecule has 7 aromatic rings. The fourth-order valence-corrected chi connectivity index (χ4v) is 12.8. The summed E-state index contributed by atoms with van der Waals surface area (Å²) in [5.41, 5.74) is 20.3. The number of benzene rings is 7. The Bertz CT molecular complexity index is 2670. The molecule has 13 rings (SSSR count). The van der Waals surface area contributed by atoms with Gasteiger partial charge in [0.25, 0.3) is 0 Å². The molecule has 4 bridgehead atoms. The molecule has 7 aromatic carbocycles. The van der Waals surface area contributed by atoms with Crippen LogP contribution in [0.1, 0.15) is 61.8 Å². The van der Waals surface area contributed by atoms with Gasteiger partial charge < -0.3 is 4.90 Å². The van der Waals surface area contributed by atoms with Crippen LogP contribution in [-0.4, -0.2) is 0 Å². The fourth-order valence-electron chi connectivity index (χ4n) is 12.8. The second kappa shape index (κ2) is 11.4. The van der Waals surface area contributed by atoms with Crippen molar-refractivity contribution in [3.8, 4) is 44.5 Å². The van der Waals surface area contributed by atoms with E-state index in [4.69, 9.17) is 0 Å². The third-order valence-corrected chi connectivity index (χ3v) is 14.9. The topological polar surface area (TPSA) is 3.24 Å². The van der Waals surface area contributed by atoms with Crippen molar-refractivity contribution in [3.05, 3.63) is 186 Å². The summed E-state index contributed by atoms with van der Waals surface area (Å²) in [6.07, 6.45) is 5.62. The lowest BCUT2D eigenvalue weighted by Gasteiger charge is -2.44. The second-order valence-corrected chi connectivity index (χ2v) is 17.7. The molecule has 0 radical (unpaired) electrons. The van der Waals surface area contributed by atoms with Crippen LogP contribution in [0.5, 0.6) is 0 Å². The summed E-state index contributed by atoms with van der Waals surface area (Å²) in [5, 5.41) is 0. The zero-order chi connectivity index (χ0) is 36.5. The zero-order valence-electron chi connectivity index (χ0n) is 31.7. The number of fused-ring (bicyclic) bond motifs is 6. The lowest BCUT2D eigenvalue weighted by atomic mass is 9.59. The van der Waals surface area contributed by atoms with Crippen LogP contribution in [0, 0.1) is 23.7 Å². The van der Waals surface area contributed by atoms with Gasteiger partial charge in [-0.1, -0.05) is 141 Å². The van der Waals surface area contributed by atoms with E-state index in [1.54, 1.807) is 11.1 Å². The molecule has 266 valence electrons. The van der Waals surface area contributed by atoms with Crippen molar-refractivity contribution in [2.24, 2.45) is 23.7 Å². The molecule has 0 aliphatic heterocycles. The maximum Gasteiger partial charge on any atom is 0.0540 e. The van der Waals surface area contributed by atoms with Gasteiger partial charge in [-0.3, -0.25) is 0 Å². The first kappa shape index (κ1) is 31.7. The van der Waals surface area contributed by atoms with E-state index in [0.717, 1.165) is 23.7 Å². The van der Waals surface area contributed by atoms with Gasteiger partial charge in [-0.25, -0.2) is 0 Å². The Morgan fingerprint density at radius 2 is 1.07 bits per heavy atom. The first-order valence-corrected chi connectivity index (χ1v) is 20.5. The van der Waals surface area contributed by atoms with Gasteiger partial charge in [0, 0.05) is 27.8 Å². The number of hydrogen-bond donors (Lipinski definition) is 0. The molecular formula is C54H45N. The van der Waals surface area contributed by atoms with Gasteiger partial charge in [-0.05, 0) is 147 Å². The minimum Gasteiger partial charge on any atom is -0.310 e. The number of rotatable bonds is 5. The lowest BCUT2D eigenvalue weighted by Crippen LogP contribution is -2.40. The van der Waals surface area contributed by atoms with Crippen molar-refractivity contribution in [2.45, 2.75) is 50.4 Å². The van der Waals surface area contributed by atoms with Gasteiger partial charge in [0.2, 0.25) is 0 Å². The highest BCUT2D eigenvalue weighted by Crippen LogP contribution is 2.73. The molecule has 5 unspecified atom stereocenters. The van der Waals surface area contributed by atoms with E-state index >= 15 is 0 Å². The Kier molecular flexibility index (Phi) is 6.58. The van der Waals surface area contributed by atoms with Gasteiger partial charge in [0.05, 0.1) is 5.69 Å². The van der Waals surface area contributed by atoms with E-state index in [2.05, 4.69) is 183 Å². The quantitative estimate of drug-likeness (QED) is 0.172. The van der Waals surface area contributed by atoms with Crippen LogP contribution in [0.25, 0.3) is 44.5 Å². The van der Waals surface area contributed by atoms with Gasteiger partial charge in [0.15, 0.2) is 0 Å². The summed E-state index contributed by atoms with van der Waals surface area (Å²) in [5.74, 6) is 3.28. The molecule has 0 saturated heterocycles. The average molecular weight is 708 g/mol. The molecule has 4 saturated carbocycles. The maximum atomic E-state index is 2.58.